The number of pyridine rings is 1. The number of carboxylic acids is 1. The first-order chi connectivity index (χ1) is 15.6. The van der Waals surface area contributed by atoms with Crippen LogP contribution in [0.5, 0.6) is 0 Å². The highest BCUT2D eigenvalue weighted by Gasteiger charge is 2.13. The zero-order valence-electron chi connectivity index (χ0n) is 17.4. The third-order valence-electron chi connectivity index (χ3n) is 5.32. The molecule has 32 heavy (non-hydrogen) atoms. The van der Waals surface area contributed by atoms with Crippen molar-refractivity contribution >= 4 is 23.3 Å². The molecule has 2 N–H and O–H groups in total. The fraction of sp³-hybridized carbons (Fsp3) is 0.273. The van der Waals surface area contributed by atoms with Gasteiger partial charge in [-0.3, -0.25) is 14.4 Å². The van der Waals surface area contributed by atoms with Crippen LogP contribution in [0, 0.1) is 0 Å². The Morgan fingerprint density at radius 1 is 1.16 bits per heavy atom. The predicted octanol–water partition coefficient (Wildman–Crippen LogP) is 2.25. The molecule has 10 heteroatoms. The molecule has 164 valence electrons. The van der Waals surface area contributed by atoms with E-state index in [1.165, 1.54) is 10.2 Å². The molecule has 0 radical (unpaired) electrons. The van der Waals surface area contributed by atoms with Crippen molar-refractivity contribution in [2.24, 2.45) is 0 Å². The molecule has 0 saturated carbocycles. The Hall–Kier alpha value is -3.76. The van der Waals surface area contributed by atoms with E-state index in [1.54, 1.807) is 16.9 Å². The van der Waals surface area contributed by atoms with Crippen molar-refractivity contribution in [3.63, 3.8) is 0 Å². The summed E-state index contributed by atoms with van der Waals surface area (Å²) in [6, 6.07) is 12.5. The van der Waals surface area contributed by atoms with Crippen LogP contribution in [0.25, 0.3) is 16.8 Å². The number of benzene rings is 1. The summed E-state index contributed by atoms with van der Waals surface area (Å²) >= 11 is 0. The van der Waals surface area contributed by atoms with Gasteiger partial charge in [0.25, 0.3) is 0 Å². The van der Waals surface area contributed by atoms with Gasteiger partial charge in [0.15, 0.2) is 5.65 Å². The number of carbonyl (C=O) groups is 1. The molecule has 0 amide bonds. The maximum atomic E-state index is 10.8. The summed E-state index contributed by atoms with van der Waals surface area (Å²) in [4.78, 5) is 17.9. The minimum atomic E-state index is -0.953. The molecule has 0 spiro atoms. The highest BCUT2D eigenvalue weighted by Crippen LogP contribution is 2.25. The number of nitrogens with zero attached hydrogens (tertiary/aromatic N) is 6. The number of morpholine rings is 1. The van der Waals surface area contributed by atoms with Crippen LogP contribution in [-0.4, -0.2) is 66.7 Å². The average Bonchev–Trinajstić information content (AvgIpc) is 3.40. The number of nitrogens with one attached hydrogen (secondary N) is 1. The molecule has 4 heterocycles. The van der Waals surface area contributed by atoms with E-state index < -0.39 is 5.97 Å². The van der Waals surface area contributed by atoms with Gasteiger partial charge in [0, 0.05) is 37.6 Å². The van der Waals surface area contributed by atoms with Crippen LogP contribution in [0.2, 0.25) is 0 Å². The first kappa shape index (κ1) is 20.2. The molecule has 10 nitrogen and oxygen atoms in total. The number of hydrogen-bond donors (Lipinski definition) is 2. The minimum Gasteiger partial charge on any atom is -0.480 e. The van der Waals surface area contributed by atoms with Crippen molar-refractivity contribution in [2.45, 2.75) is 13.1 Å². The number of aliphatic carboxylic acids is 1. The molecule has 0 aliphatic carbocycles. The molecule has 1 fully saturated rings. The fourth-order valence-electron chi connectivity index (χ4n) is 3.77. The van der Waals surface area contributed by atoms with E-state index in [4.69, 9.17) is 9.84 Å². The summed E-state index contributed by atoms with van der Waals surface area (Å²) in [6.45, 7) is 4.24. The zero-order chi connectivity index (χ0) is 21.9. The van der Waals surface area contributed by atoms with Gasteiger partial charge in [-0.15, -0.1) is 5.10 Å². The summed E-state index contributed by atoms with van der Waals surface area (Å²) < 4.78 is 8.48. The van der Waals surface area contributed by atoms with Crippen LogP contribution in [0.4, 0.5) is 11.6 Å². The van der Waals surface area contributed by atoms with Gasteiger partial charge in [-0.2, -0.15) is 10.1 Å². The number of anilines is 2. The molecule has 1 aliphatic heterocycles. The number of fused-ring (bicyclic) bond motifs is 1. The molecular weight excluding hydrogens is 410 g/mol. The van der Waals surface area contributed by atoms with Gasteiger partial charge in [0.05, 0.1) is 25.1 Å². The van der Waals surface area contributed by atoms with Crippen LogP contribution in [-0.2, 0) is 22.6 Å². The lowest BCUT2D eigenvalue weighted by Crippen LogP contribution is -2.35. The number of aromatic nitrogens is 5. The van der Waals surface area contributed by atoms with Crippen molar-refractivity contribution in [1.82, 2.24) is 29.3 Å². The highest BCUT2D eigenvalue weighted by molar-refractivity contribution is 5.78. The smallest absolute Gasteiger partial charge is 0.325 e. The quantitative estimate of drug-likeness (QED) is 0.457. The van der Waals surface area contributed by atoms with E-state index >= 15 is 0 Å². The lowest BCUT2D eigenvalue weighted by Gasteiger charge is -2.26. The van der Waals surface area contributed by atoms with Gasteiger partial charge in [0.1, 0.15) is 6.54 Å². The van der Waals surface area contributed by atoms with E-state index in [0.29, 0.717) is 11.6 Å². The Kier molecular flexibility index (Phi) is 5.53. The molecule has 5 rings (SSSR count). The average molecular weight is 433 g/mol. The monoisotopic (exact) mass is 433 g/mol. The Morgan fingerprint density at radius 2 is 1.97 bits per heavy atom. The summed E-state index contributed by atoms with van der Waals surface area (Å²) in [5.74, 6) is -0.539. The Morgan fingerprint density at radius 3 is 2.75 bits per heavy atom. The number of ether oxygens (including phenoxy) is 1. The molecular formula is C22H23N7O3. The summed E-state index contributed by atoms with van der Waals surface area (Å²) in [7, 11) is 0. The molecule has 1 aliphatic rings. The third kappa shape index (κ3) is 4.46. The number of carboxylic acid groups (broad SMARTS) is 1. The van der Waals surface area contributed by atoms with Gasteiger partial charge in [-0.05, 0) is 23.3 Å². The summed E-state index contributed by atoms with van der Waals surface area (Å²) in [5, 5.41) is 20.5. The Bertz CT molecular complexity index is 1230. The van der Waals surface area contributed by atoms with Crippen LogP contribution in [0.1, 0.15) is 5.56 Å². The van der Waals surface area contributed by atoms with Gasteiger partial charge in [0.2, 0.25) is 5.95 Å². The molecule has 0 atom stereocenters. The van der Waals surface area contributed by atoms with Crippen molar-refractivity contribution in [1.29, 1.82) is 0 Å². The lowest BCUT2D eigenvalue weighted by molar-refractivity contribution is -0.137. The Balaban J connectivity index is 1.35. The topological polar surface area (TPSA) is 110 Å². The van der Waals surface area contributed by atoms with Crippen LogP contribution < -0.4 is 5.32 Å². The van der Waals surface area contributed by atoms with Crippen molar-refractivity contribution < 1.29 is 14.6 Å². The predicted molar refractivity (Wildman–Crippen MR) is 118 cm³/mol. The maximum absolute atomic E-state index is 10.8. The molecule has 4 aromatic rings. The molecule has 3 aromatic heterocycles. The van der Waals surface area contributed by atoms with E-state index in [1.807, 2.05) is 18.3 Å². The van der Waals surface area contributed by atoms with Crippen LogP contribution >= 0.6 is 0 Å². The zero-order valence-corrected chi connectivity index (χ0v) is 17.4. The van der Waals surface area contributed by atoms with Gasteiger partial charge >= 0.3 is 5.97 Å². The fourth-order valence-corrected chi connectivity index (χ4v) is 3.77. The minimum absolute atomic E-state index is 0.202. The number of rotatable bonds is 7. The van der Waals surface area contributed by atoms with Gasteiger partial charge in [-0.25, -0.2) is 4.52 Å². The largest absolute Gasteiger partial charge is 0.480 e. The molecule has 0 bridgehead atoms. The maximum Gasteiger partial charge on any atom is 0.325 e. The second kappa shape index (κ2) is 8.77. The SMILES string of the molecule is O=C(O)Cn1cc(Nc2nc3c(-c4ccc(CN5CCOCC5)cc4)cccn3n2)cn1. The first-order valence-electron chi connectivity index (χ1n) is 10.4. The van der Waals surface area contributed by atoms with Crippen LogP contribution in [0.15, 0.2) is 55.0 Å². The lowest BCUT2D eigenvalue weighted by atomic mass is 10.0. The normalized spacial score (nSPS) is 14.6. The van der Waals surface area contributed by atoms with E-state index in [2.05, 4.69) is 49.7 Å². The first-order valence-corrected chi connectivity index (χ1v) is 10.4. The molecule has 0 unspecified atom stereocenters. The third-order valence-corrected chi connectivity index (χ3v) is 5.32. The Labute approximate surface area is 184 Å². The van der Waals surface area contributed by atoms with Gasteiger partial charge < -0.3 is 15.2 Å². The van der Waals surface area contributed by atoms with Crippen LogP contribution in [0.3, 0.4) is 0 Å². The van der Waals surface area contributed by atoms with E-state index in [-0.39, 0.29) is 6.54 Å². The van der Waals surface area contributed by atoms with E-state index in [9.17, 15) is 4.79 Å². The second-order valence-corrected chi connectivity index (χ2v) is 7.66. The summed E-state index contributed by atoms with van der Waals surface area (Å²) in [5.41, 5.74) is 4.66. The van der Waals surface area contributed by atoms with E-state index in [0.717, 1.165) is 49.6 Å². The summed E-state index contributed by atoms with van der Waals surface area (Å²) in [6.07, 6.45) is 4.99. The van der Waals surface area contributed by atoms with Crippen molar-refractivity contribution in [2.75, 3.05) is 31.6 Å². The second-order valence-electron chi connectivity index (χ2n) is 7.66. The molecule has 1 aromatic carbocycles. The number of hydrogen-bond acceptors (Lipinski definition) is 7. The molecule has 1 saturated heterocycles. The highest BCUT2D eigenvalue weighted by atomic mass is 16.5. The van der Waals surface area contributed by atoms with Gasteiger partial charge in [-0.1, -0.05) is 24.3 Å². The van der Waals surface area contributed by atoms with Crippen molar-refractivity contribution in [3.8, 4) is 11.1 Å². The van der Waals surface area contributed by atoms with Crippen molar-refractivity contribution in [3.05, 3.63) is 60.6 Å². The standard InChI is InChI=1S/C22H23N7O3/c30-20(31)15-28-14-18(12-23-28)24-22-25-21-19(2-1-7-29(21)26-22)17-5-3-16(4-6-17)13-27-8-10-32-11-9-27/h1-7,12,14H,8-11,13,15H2,(H,24,26)(H,30,31).